The number of nitrogen functional groups attached to an aromatic ring is 1. The first-order valence-corrected chi connectivity index (χ1v) is 5.71. The molecular weight excluding hydrogens is 232 g/mol. The first-order chi connectivity index (χ1) is 8.46. The molecule has 0 atom stereocenters. The third kappa shape index (κ3) is 2.20. The zero-order valence-corrected chi connectivity index (χ0v) is 11.1. The second-order valence-corrected chi connectivity index (χ2v) is 4.81. The molecule has 0 aromatic heterocycles. The molecule has 1 heterocycles. The quantitative estimate of drug-likeness (QED) is 0.831. The van der Waals surface area contributed by atoms with Gasteiger partial charge in [0.2, 0.25) is 5.90 Å². The molecule has 0 unspecified atom stereocenters. The number of rotatable bonds is 3. The average Bonchev–Trinajstić information content (AvgIpc) is 2.68. The molecule has 0 fully saturated rings. The van der Waals surface area contributed by atoms with E-state index in [2.05, 4.69) is 4.99 Å². The molecule has 0 spiro atoms. The number of aliphatic imine (C=N–C) groups is 1. The summed E-state index contributed by atoms with van der Waals surface area (Å²) in [6.45, 7) is 4.55. The molecule has 5 nitrogen and oxygen atoms in total. The highest BCUT2D eigenvalue weighted by Gasteiger charge is 2.30. The van der Waals surface area contributed by atoms with Crippen LogP contribution in [0.25, 0.3) is 0 Å². The van der Waals surface area contributed by atoms with Gasteiger partial charge in [-0.1, -0.05) is 0 Å². The fourth-order valence-corrected chi connectivity index (χ4v) is 1.83. The van der Waals surface area contributed by atoms with Gasteiger partial charge in [-0.05, 0) is 13.8 Å². The van der Waals surface area contributed by atoms with Gasteiger partial charge in [0, 0.05) is 12.1 Å². The topological polar surface area (TPSA) is 66.1 Å². The minimum atomic E-state index is -0.229. The van der Waals surface area contributed by atoms with Gasteiger partial charge in [-0.15, -0.1) is 0 Å². The Morgan fingerprint density at radius 1 is 1.28 bits per heavy atom. The van der Waals surface area contributed by atoms with Gasteiger partial charge in [-0.2, -0.15) is 0 Å². The fourth-order valence-electron chi connectivity index (χ4n) is 1.83. The Balaban J connectivity index is 2.51. The van der Waals surface area contributed by atoms with Crippen molar-refractivity contribution in [3.8, 4) is 11.5 Å². The van der Waals surface area contributed by atoms with E-state index in [0.29, 0.717) is 35.3 Å². The Morgan fingerprint density at radius 2 is 2.00 bits per heavy atom. The Hall–Kier alpha value is -1.91. The van der Waals surface area contributed by atoms with E-state index >= 15 is 0 Å². The van der Waals surface area contributed by atoms with Crippen LogP contribution in [0.5, 0.6) is 11.5 Å². The van der Waals surface area contributed by atoms with Crippen LogP contribution in [0, 0.1) is 0 Å². The summed E-state index contributed by atoms with van der Waals surface area (Å²) >= 11 is 0. The van der Waals surface area contributed by atoms with Crippen LogP contribution in [0.2, 0.25) is 0 Å². The van der Waals surface area contributed by atoms with Crippen LogP contribution < -0.4 is 15.2 Å². The number of nitrogens with zero attached hydrogens (tertiary/aromatic N) is 1. The first-order valence-electron chi connectivity index (χ1n) is 5.71. The first kappa shape index (κ1) is 12.5. The molecule has 1 aromatic carbocycles. The molecule has 0 amide bonds. The minimum absolute atomic E-state index is 0.229. The number of hydrogen-bond donors (Lipinski definition) is 1. The summed E-state index contributed by atoms with van der Waals surface area (Å²) < 4.78 is 16.1. The zero-order valence-electron chi connectivity index (χ0n) is 11.1. The highest BCUT2D eigenvalue weighted by atomic mass is 16.5. The molecular formula is C13H18N2O3. The molecule has 2 rings (SSSR count). The summed E-state index contributed by atoms with van der Waals surface area (Å²) in [5, 5.41) is 0. The van der Waals surface area contributed by atoms with Crippen LogP contribution in [-0.2, 0) is 4.74 Å². The molecule has 2 N–H and O–H groups in total. The van der Waals surface area contributed by atoms with E-state index in [1.807, 2.05) is 13.8 Å². The van der Waals surface area contributed by atoms with Crippen molar-refractivity contribution >= 4 is 11.6 Å². The maximum absolute atomic E-state index is 6.02. The molecule has 0 bridgehead atoms. The summed E-state index contributed by atoms with van der Waals surface area (Å²) in [6.07, 6.45) is 0. The van der Waals surface area contributed by atoms with Gasteiger partial charge < -0.3 is 19.9 Å². The lowest BCUT2D eigenvalue weighted by Gasteiger charge is -2.12. The van der Waals surface area contributed by atoms with E-state index in [9.17, 15) is 0 Å². The van der Waals surface area contributed by atoms with Crippen LogP contribution in [0.4, 0.5) is 5.69 Å². The maximum Gasteiger partial charge on any atom is 0.222 e. The summed E-state index contributed by atoms with van der Waals surface area (Å²) in [6, 6.07) is 3.50. The minimum Gasteiger partial charge on any atom is -0.497 e. The highest BCUT2D eigenvalue weighted by Crippen LogP contribution is 2.34. The van der Waals surface area contributed by atoms with Gasteiger partial charge in [0.05, 0.1) is 25.4 Å². The lowest BCUT2D eigenvalue weighted by Crippen LogP contribution is -2.17. The van der Waals surface area contributed by atoms with E-state index in [1.165, 1.54) is 0 Å². The van der Waals surface area contributed by atoms with Gasteiger partial charge in [-0.3, -0.25) is 0 Å². The molecule has 18 heavy (non-hydrogen) atoms. The third-order valence-corrected chi connectivity index (χ3v) is 2.74. The summed E-state index contributed by atoms with van der Waals surface area (Å²) in [5.41, 5.74) is 7.01. The molecule has 0 saturated heterocycles. The van der Waals surface area contributed by atoms with Crippen LogP contribution in [0.1, 0.15) is 19.4 Å². The normalized spacial score (nSPS) is 17.0. The van der Waals surface area contributed by atoms with Gasteiger partial charge >= 0.3 is 0 Å². The largest absolute Gasteiger partial charge is 0.497 e. The molecule has 1 aliphatic heterocycles. The predicted octanol–water partition coefficient (Wildman–Crippen LogP) is 1.84. The smallest absolute Gasteiger partial charge is 0.222 e. The molecule has 0 aliphatic carbocycles. The van der Waals surface area contributed by atoms with Crippen LogP contribution >= 0.6 is 0 Å². The molecule has 98 valence electrons. The summed E-state index contributed by atoms with van der Waals surface area (Å²) in [5.74, 6) is 1.77. The van der Waals surface area contributed by atoms with Crippen LogP contribution in [0.3, 0.4) is 0 Å². The predicted molar refractivity (Wildman–Crippen MR) is 70.5 cm³/mol. The SMILES string of the molecule is COc1cc(N)c(C2=NC(C)(C)CO2)c(OC)c1. The number of hydrogen-bond acceptors (Lipinski definition) is 5. The number of nitrogens with two attached hydrogens (primary N) is 1. The van der Waals surface area contributed by atoms with Crippen molar-refractivity contribution in [2.75, 3.05) is 26.6 Å². The van der Waals surface area contributed by atoms with Crippen LogP contribution in [-0.4, -0.2) is 32.3 Å². The summed E-state index contributed by atoms with van der Waals surface area (Å²) in [7, 11) is 3.17. The molecule has 1 aliphatic rings. The van der Waals surface area contributed by atoms with Gasteiger partial charge in [0.15, 0.2) is 0 Å². The molecule has 1 aromatic rings. The number of anilines is 1. The number of ether oxygens (including phenoxy) is 3. The second kappa shape index (κ2) is 4.40. The second-order valence-electron chi connectivity index (χ2n) is 4.81. The summed E-state index contributed by atoms with van der Waals surface area (Å²) in [4.78, 5) is 4.51. The van der Waals surface area contributed by atoms with E-state index < -0.39 is 0 Å². The third-order valence-electron chi connectivity index (χ3n) is 2.74. The van der Waals surface area contributed by atoms with E-state index in [0.717, 1.165) is 0 Å². The molecule has 5 heteroatoms. The Kier molecular flexibility index (Phi) is 3.07. The lowest BCUT2D eigenvalue weighted by atomic mass is 10.1. The van der Waals surface area contributed by atoms with Crippen molar-refractivity contribution in [3.05, 3.63) is 17.7 Å². The van der Waals surface area contributed by atoms with E-state index in [4.69, 9.17) is 19.9 Å². The van der Waals surface area contributed by atoms with Crippen molar-refractivity contribution in [2.45, 2.75) is 19.4 Å². The molecule has 0 radical (unpaired) electrons. The van der Waals surface area contributed by atoms with Crippen molar-refractivity contribution in [2.24, 2.45) is 4.99 Å². The Bertz CT molecular complexity index is 495. The highest BCUT2D eigenvalue weighted by molar-refractivity contribution is 6.03. The Morgan fingerprint density at radius 3 is 2.50 bits per heavy atom. The number of benzene rings is 1. The maximum atomic E-state index is 6.02. The molecule has 0 saturated carbocycles. The standard InChI is InChI=1S/C13H18N2O3/c1-13(2)7-18-12(15-13)11-9(14)5-8(16-3)6-10(11)17-4/h5-6H,7,14H2,1-4H3. The fraction of sp³-hybridized carbons (Fsp3) is 0.462. The van der Waals surface area contributed by atoms with Crippen molar-refractivity contribution < 1.29 is 14.2 Å². The lowest BCUT2D eigenvalue weighted by molar-refractivity contribution is 0.278. The van der Waals surface area contributed by atoms with Crippen molar-refractivity contribution in [1.29, 1.82) is 0 Å². The monoisotopic (exact) mass is 250 g/mol. The van der Waals surface area contributed by atoms with Crippen LogP contribution in [0.15, 0.2) is 17.1 Å². The van der Waals surface area contributed by atoms with Crippen molar-refractivity contribution in [3.63, 3.8) is 0 Å². The Labute approximate surface area is 107 Å². The van der Waals surface area contributed by atoms with Crippen molar-refractivity contribution in [1.82, 2.24) is 0 Å². The number of methoxy groups -OCH3 is 2. The van der Waals surface area contributed by atoms with E-state index in [-0.39, 0.29) is 5.54 Å². The zero-order chi connectivity index (χ0) is 13.3. The van der Waals surface area contributed by atoms with E-state index in [1.54, 1.807) is 26.4 Å². The average molecular weight is 250 g/mol. The van der Waals surface area contributed by atoms with Gasteiger partial charge in [-0.25, -0.2) is 4.99 Å². The van der Waals surface area contributed by atoms with Gasteiger partial charge in [0.25, 0.3) is 0 Å². The van der Waals surface area contributed by atoms with Gasteiger partial charge in [0.1, 0.15) is 23.7 Å².